The Balaban J connectivity index is 2.63. The highest BCUT2D eigenvalue weighted by Gasteiger charge is 2.15. The minimum absolute atomic E-state index is 0.686. The van der Waals surface area contributed by atoms with E-state index < -0.39 is 0 Å². The van der Waals surface area contributed by atoms with Crippen LogP contribution in [-0.4, -0.2) is 13.1 Å². The van der Waals surface area contributed by atoms with Crippen molar-refractivity contribution in [2.45, 2.75) is 52.9 Å². The molecule has 1 unspecified atom stereocenters. The van der Waals surface area contributed by atoms with Gasteiger partial charge in [0.25, 0.3) is 0 Å². The van der Waals surface area contributed by atoms with Crippen LogP contribution in [0.4, 0.5) is 0 Å². The SMILES string of the molecule is CCCNCC(Cc1ccccc1Cl)CC(CC)CC. The van der Waals surface area contributed by atoms with Crippen molar-refractivity contribution in [3.05, 3.63) is 34.9 Å². The molecule has 1 rings (SSSR count). The molecule has 0 saturated carbocycles. The lowest BCUT2D eigenvalue weighted by molar-refractivity contribution is 0.338. The average molecular weight is 296 g/mol. The Morgan fingerprint density at radius 3 is 2.35 bits per heavy atom. The zero-order chi connectivity index (χ0) is 14.8. The van der Waals surface area contributed by atoms with Crippen LogP contribution in [0.25, 0.3) is 0 Å². The third kappa shape index (κ3) is 6.28. The molecule has 2 heteroatoms. The fourth-order valence-electron chi connectivity index (χ4n) is 2.79. The van der Waals surface area contributed by atoms with Crippen molar-refractivity contribution in [3.8, 4) is 0 Å². The highest BCUT2D eigenvalue weighted by molar-refractivity contribution is 6.31. The molecule has 0 heterocycles. The van der Waals surface area contributed by atoms with Crippen LogP contribution in [0.2, 0.25) is 5.02 Å². The van der Waals surface area contributed by atoms with Gasteiger partial charge in [-0.05, 0) is 55.8 Å². The minimum Gasteiger partial charge on any atom is -0.316 e. The van der Waals surface area contributed by atoms with Crippen LogP contribution in [0, 0.1) is 11.8 Å². The monoisotopic (exact) mass is 295 g/mol. The predicted octanol–water partition coefficient (Wildman–Crippen LogP) is 5.32. The van der Waals surface area contributed by atoms with Gasteiger partial charge in [0, 0.05) is 5.02 Å². The van der Waals surface area contributed by atoms with Gasteiger partial charge in [-0.2, -0.15) is 0 Å². The minimum atomic E-state index is 0.686. The van der Waals surface area contributed by atoms with Crippen LogP contribution in [0.5, 0.6) is 0 Å². The van der Waals surface area contributed by atoms with Gasteiger partial charge in [-0.15, -0.1) is 0 Å². The highest BCUT2D eigenvalue weighted by atomic mass is 35.5. The lowest BCUT2D eigenvalue weighted by atomic mass is 9.86. The topological polar surface area (TPSA) is 12.0 Å². The highest BCUT2D eigenvalue weighted by Crippen LogP contribution is 2.25. The van der Waals surface area contributed by atoms with E-state index in [1.807, 2.05) is 12.1 Å². The average Bonchev–Trinajstić information content (AvgIpc) is 2.47. The van der Waals surface area contributed by atoms with E-state index in [-0.39, 0.29) is 0 Å². The molecule has 1 aromatic rings. The standard InChI is InChI=1S/C18H30ClN/c1-4-11-20-14-16(12-15(5-2)6-3)13-17-9-7-8-10-18(17)19/h7-10,15-16,20H,4-6,11-14H2,1-3H3. The predicted molar refractivity (Wildman–Crippen MR) is 90.5 cm³/mol. The van der Waals surface area contributed by atoms with E-state index in [9.17, 15) is 0 Å². The summed E-state index contributed by atoms with van der Waals surface area (Å²) in [4.78, 5) is 0. The molecule has 0 amide bonds. The van der Waals surface area contributed by atoms with Gasteiger partial charge in [-0.25, -0.2) is 0 Å². The van der Waals surface area contributed by atoms with Crippen molar-refractivity contribution in [2.24, 2.45) is 11.8 Å². The van der Waals surface area contributed by atoms with Crippen molar-refractivity contribution < 1.29 is 0 Å². The van der Waals surface area contributed by atoms with Gasteiger partial charge in [0.05, 0.1) is 0 Å². The first-order valence-corrected chi connectivity index (χ1v) is 8.53. The Morgan fingerprint density at radius 2 is 1.75 bits per heavy atom. The molecule has 0 fully saturated rings. The zero-order valence-corrected chi connectivity index (χ0v) is 14.0. The first-order chi connectivity index (χ1) is 9.71. The number of benzene rings is 1. The Hall–Kier alpha value is -0.530. The van der Waals surface area contributed by atoms with E-state index in [0.29, 0.717) is 5.92 Å². The summed E-state index contributed by atoms with van der Waals surface area (Å²) in [5.41, 5.74) is 1.29. The van der Waals surface area contributed by atoms with Crippen LogP contribution in [-0.2, 0) is 6.42 Å². The molecule has 0 aromatic heterocycles. The van der Waals surface area contributed by atoms with Gasteiger partial charge in [-0.3, -0.25) is 0 Å². The van der Waals surface area contributed by atoms with Crippen molar-refractivity contribution in [2.75, 3.05) is 13.1 Å². The van der Waals surface area contributed by atoms with Crippen molar-refractivity contribution >= 4 is 11.6 Å². The van der Waals surface area contributed by atoms with E-state index in [1.165, 1.54) is 31.2 Å². The maximum atomic E-state index is 6.31. The molecule has 1 atom stereocenters. The summed E-state index contributed by atoms with van der Waals surface area (Å²) in [5, 5.41) is 4.50. The second-order valence-corrected chi connectivity index (χ2v) is 6.19. The molecular weight excluding hydrogens is 266 g/mol. The maximum Gasteiger partial charge on any atom is 0.0438 e. The summed E-state index contributed by atoms with van der Waals surface area (Å²) in [6, 6.07) is 8.28. The fraction of sp³-hybridized carbons (Fsp3) is 0.667. The molecule has 1 aromatic carbocycles. The molecule has 1 N–H and O–H groups in total. The molecule has 20 heavy (non-hydrogen) atoms. The summed E-state index contributed by atoms with van der Waals surface area (Å²) in [7, 11) is 0. The smallest absolute Gasteiger partial charge is 0.0438 e. The van der Waals surface area contributed by atoms with Crippen LogP contribution in [0.15, 0.2) is 24.3 Å². The number of hydrogen-bond acceptors (Lipinski definition) is 1. The third-order valence-corrected chi connectivity index (χ3v) is 4.52. The van der Waals surface area contributed by atoms with E-state index in [0.717, 1.165) is 30.5 Å². The molecule has 0 aliphatic heterocycles. The van der Waals surface area contributed by atoms with Crippen LogP contribution < -0.4 is 5.32 Å². The second-order valence-electron chi connectivity index (χ2n) is 5.78. The Labute approximate surface area is 130 Å². The number of rotatable bonds is 10. The first kappa shape index (κ1) is 17.5. The first-order valence-electron chi connectivity index (χ1n) is 8.15. The van der Waals surface area contributed by atoms with Crippen LogP contribution in [0.3, 0.4) is 0 Å². The second kappa shape index (κ2) is 10.2. The van der Waals surface area contributed by atoms with E-state index in [2.05, 4.69) is 38.2 Å². The van der Waals surface area contributed by atoms with Gasteiger partial charge < -0.3 is 5.32 Å². The Kier molecular flexibility index (Phi) is 8.97. The van der Waals surface area contributed by atoms with Gasteiger partial charge in [-0.1, -0.05) is 63.4 Å². The van der Waals surface area contributed by atoms with E-state index in [1.54, 1.807) is 0 Å². The zero-order valence-electron chi connectivity index (χ0n) is 13.3. The molecule has 1 nitrogen and oxygen atoms in total. The number of hydrogen-bond donors (Lipinski definition) is 1. The van der Waals surface area contributed by atoms with Gasteiger partial charge >= 0.3 is 0 Å². The van der Waals surface area contributed by atoms with Crippen LogP contribution in [0.1, 0.15) is 52.0 Å². The van der Waals surface area contributed by atoms with Gasteiger partial charge in [0.15, 0.2) is 0 Å². The number of halogens is 1. The van der Waals surface area contributed by atoms with E-state index in [4.69, 9.17) is 11.6 Å². The molecule has 0 aliphatic carbocycles. The third-order valence-electron chi connectivity index (χ3n) is 4.15. The molecule has 0 spiro atoms. The van der Waals surface area contributed by atoms with Crippen molar-refractivity contribution in [1.29, 1.82) is 0 Å². The largest absolute Gasteiger partial charge is 0.316 e. The van der Waals surface area contributed by atoms with Gasteiger partial charge in [0.1, 0.15) is 0 Å². The normalized spacial score (nSPS) is 12.8. The summed E-state index contributed by atoms with van der Waals surface area (Å²) in [6.07, 6.45) is 6.15. The Bertz CT molecular complexity index is 360. The van der Waals surface area contributed by atoms with E-state index >= 15 is 0 Å². The lowest BCUT2D eigenvalue weighted by Crippen LogP contribution is -2.26. The summed E-state index contributed by atoms with van der Waals surface area (Å²) >= 11 is 6.31. The summed E-state index contributed by atoms with van der Waals surface area (Å²) in [5.74, 6) is 1.53. The molecule has 0 aliphatic rings. The Morgan fingerprint density at radius 1 is 1.05 bits per heavy atom. The van der Waals surface area contributed by atoms with Crippen LogP contribution >= 0.6 is 11.6 Å². The molecule has 0 bridgehead atoms. The molecule has 0 saturated heterocycles. The van der Waals surface area contributed by atoms with Crippen molar-refractivity contribution in [3.63, 3.8) is 0 Å². The number of nitrogens with one attached hydrogen (secondary N) is 1. The summed E-state index contributed by atoms with van der Waals surface area (Å²) in [6.45, 7) is 9.05. The van der Waals surface area contributed by atoms with Gasteiger partial charge in [0.2, 0.25) is 0 Å². The maximum absolute atomic E-state index is 6.31. The molecule has 0 radical (unpaired) electrons. The molecule has 114 valence electrons. The molecular formula is C18H30ClN. The summed E-state index contributed by atoms with van der Waals surface area (Å²) < 4.78 is 0. The quantitative estimate of drug-likeness (QED) is 0.576. The fourth-order valence-corrected chi connectivity index (χ4v) is 3.00. The lowest BCUT2D eigenvalue weighted by Gasteiger charge is -2.23. The van der Waals surface area contributed by atoms with Crippen molar-refractivity contribution in [1.82, 2.24) is 5.32 Å².